The highest BCUT2D eigenvalue weighted by Crippen LogP contribution is 2.22. The largest absolute Gasteiger partial charge is 0.505 e. The number of hydrogen-bond donors (Lipinski definition) is 1. The van der Waals surface area contributed by atoms with Gasteiger partial charge in [0.15, 0.2) is 17.4 Å². The number of phenols is 1. The van der Waals surface area contributed by atoms with Gasteiger partial charge in [0.05, 0.1) is 6.10 Å². The molecule has 27 heavy (non-hydrogen) atoms. The quantitative estimate of drug-likeness (QED) is 0.509. The summed E-state index contributed by atoms with van der Waals surface area (Å²) in [6.45, 7) is 5.19. The molecule has 0 fully saturated rings. The molecule has 1 atom stereocenters. The van der Waals surface area contributed by atoms with Crippen LogP contribution in [0.3, 0.4) is 0 Å². The first kappa shape index (κ1) is 21.0. The van der Waals surface area contributed by atoms with Crippen molar-refractivity contribution in [2.75, 3.05) is 6.61 Å². The Kier molecular flexibility index (Phi) is 8.92. The number of unbranched alkanes of at least 4 members (excludes halogenated alkanes) is 3. The lowest BCUT2D eigenvalue weighted by molar-refractivity contribution is 0.0566. The molecule has 0 aliphatic carbocycles. The predicted molar refractivity (Wildman–Crippen MR) is 107 cm³/mol. The maximum atomic E-state index is 13.4. The number of phenolic OH excluding ortho intramolecular Hbond substituents is 1. The lowest BCUT2D eigenvalue weighted by atomic mass is 10.1. The Hall–Kier alpha value is -2.27. The third-order valence-corrected chi connectivity index (χ3v) is 4.32. The van der Waals surface area contributed by atoms with Crippen molar-refractivity contribution >= 4 is 6.08 Å². The zero-order valence-electron chi connectivity index (χ0n) is 16.2. The van der Waals surface area contributed by atoms with Gasteiger partial charge in [0.25, 0.3) is 0 Å². The van der Waals surface area contributed by atoms with Crippen LogP contribution in [0.25, 0.3) is 17.5 Å². The Bertz CT molecular complexity index is 717. The maximum Gasteiger partial charge on any atom is 0.165 e. The van der Waals surface area contributed by atoms with Crippen molar-refractivity contribution in [2.24, 2.45) is 0 Å². The van der Waals surface area contributed by atoms with E-state index in [4.69, 9.17) is 4.74 Å². The smallest absolute Gasteiger partial charge is 0.165 e. The Morgan fingerprint density at radius 2 is 1.96 bits per heavy atom. The Labute approximate surface area is 161 Å². The van der Waals surface area contributed by atoms with Gasteiger partial charge in [-0.1, -0.05) is 31.9 Å². The van der Waals surface area contributed by atoms with Crippen molar-refractivity contribution in [1.82, 2.24) is 9.97 Å². The molecule has 0 saturated heterocycles. The van der Waals surface area contributed by atoms with Crippen LogP contribution in [0.2, 0.25) is 0 Å². The van der Waals surface area contributed by atoms with Gasteiger partial charge in [-0.25, -0.2) is 14.4 Å². The highest BCUT2D eigenvalue weighted by Gasteiger charge is 2.06. The van der Waals surface area contributed by atoms with Crippen LogP contribution >= 0.6 is 0 Å². The molecule has 0 radical (unpaired) electrons. The zero-order valence-corrected chi connectivity index (χ0v) is 16.2. The molecule has 146 valence electrons. The van der Waals surface area contributed by atoms with Crippen LogP contribution in [0.5, 0.6) is 5.75 Å². The van der Waals surface area contributed by atoms with Gasteiger partial charge < -0.3 is 9.84 Å². The molecule has 2 rings (SSSR count). The van der Waals surface area contributed by atoms with Crippen LogP contribution in [0.4, 0.5) is 4.39 Å². The second-order valence-electron chi connectivity index (χ2n) is 6.73. The number of hydrogen-bond acceptors (Lipinski definition) is 4. The van der Waals surface area contributed by atoms with Gasteiger partial charge in [0.1, 0.15) is 0 Å². The van der Waals surface area contributed by atoms with E-state index < -0.39 is 5.82 Å². The molecule has 0 spiro atoms. The van der Waals surface area contributed by atoms with E-state index in [1.807, 2.05) is 6.08 Å². The molecule has 0 amide bonds. The second kappa shape index (κ2) is 11.4. The number of nitrogens with zero attached hydrogens (tertiary/aromatic N) is 2. The van der Waals surface area contributed by atoms with E-state index in [2.05, 4.69) is 29.9 Å². The van der Waals surface area contributed by atoms with E-state index in [0.717, 1.165) is 37.9 Å². The molecule has 0 aliphatic rings. The molecule has 1 aromatic carbocycles. The highest BCUT2D eigenvalue weighted by atomic mass is 19.1. The van der Waals surface area contributed by atoms with Gasteiger partial charge in [-0.15, -0.1) is 0 Å². The summed E-state index contributed by atoms with van der Waals surface area (Å²) in [6.07, 6.45) is 14.6. The van der Waals surface area contributed by atoms with Gasteiger partial charge in [0, 0.05) is 30.1 Å². The molecule has 0 saturated carbocycles. The van der Waals surface area contributed by atoms with Crippen LogP contribution < -0.4 is 0 Å². The molecule has 1 heterocycles. The first-order valence-corrected chi connectivity index (χ1v) is 9.69. The summed E-state index contributed by atoms with van der Waals surface area (Å²) in [5.74, 6) is -0.622. The lowest BCUT2D eigenvalue weighted by Crippen LogP contribution is -2.08. The molecular formula is C22H29FN2O2. The average Bonchev–Trinajstić information content (AvgIpc) is 2.68. The molecule has 1 unspecified atom stereocenters. The second-order valence-corrected chi connectivity index (χ2v) is 6.73. The van der Waals surface area contributed by atoms with E-state index in [1.54, 1.807) is 18.5 Å². The summed E-state index contributed by atoms with van der Waals surface area (Å²) in [7, 11) is 0. The molecule has 5 heteroatoms. The molecular weight excluding hydrogens is 343 g/mol. The summed E-state index contributed by atoms with van der Waals surface area (Å²) < 4.78 is 19.2. The van der Waals surface area contributed by atoms with E-state index in [9.17, 15) is 9.50 Å². The van der Waals surface area contributed by atoms with Crippen LogP contribution in [0, 0.1) is 5.82 Å². The van der Waals surface area contributed by atoms with Gasteiger partial charge >= 0.3 is 0 Å². The number of aromatic hydroxyl groups is 1. The summed E-state index contributed by atoms with van der Waals surface area (Å²) in [4.78, 5) is 8.53. The molecule has 0 aliphatic heterocycles. The van der Waals surface area contributed by atoms with Crippen molar-refractivity contribution in [2.45, 2.75) is 58.5 Å². The number of allylic oxidation sites excluding steroid dienone is 1. The van der Waals surface area contributed by atoms with Crippen LogP contribution in [-0.4, -0.2) is 27.8 Å². The summed E-state index contributed by atoms with van der Waals surface area (Å²) in [5.41, 5.74) is 1.44. The maximum absolute atomic E-state index is 13.4. The average molecular weight is 372 g/mol. The third-order valence-electron chi connectivity index (χ3n) is 4.32. The number of halogens is 1. The van der Waals surface area contributed by atoms with Gasteiger partial charge in [-0.2, -0.15) is 0 Å². The minimum absolute atomic E-state index is 0.309. The lowest BCUT2D eigenvalue weighted by Gasteiger charge is -2.11. The molecule has 1 aromatic heterocycles. The highest BCUT2D eigenvalue weighted by molar-refractivity contribution is 5.57. The van der Waals surface area contributed by atoms with Crippen molar-refractivity contribution < 1.29 is 14.2 Å². The fourth-order valence-electron chi connectivity index (χ4n) is 2.68. The Balaban J connectivity index is 1.73. The number of aromatic nitrogens is 2. The van der Waals surface area contributed by atoms with E-state index in [0.29, 0.717) is 17.5 Å². The number of benzene rings is 1. The minimum atomic E-state index is -0.677. The van der Waals surface area contributed by atoms with E-state index in [-0.39, 0.29) is 5.75 Å². The molecule has 1 N–H and O–H groups in total. The summed E-state index contributed by atoms with van der Waals surface area (Å²) >= 11 is 0. The van der Waals surface area contributed by atoms with Gasteiger partial charge in [-0.3, -0.25) is 0 Å². The van der Waals surface area contributed by atoms with Crippen molar-refractivity contribution in [3.8, 4) is 17.1 Å². The van der Waals surface area contributed by atoms with Crippen LogP contribution in [0.15, 0.2) is 36.7 Å². The zero-order chi connectivity index (χ0) is 19.5. The molecule has 0 bridgehead atoms. The first-order chi connectivity index (χ1) is 13.1. The van der Waals surface area contributed by atoms with Crippen molar-refractivity contribution in [1.29, 1.82) is 0 Å². The third kappa shape index (κ3) is 7.47. The standard InChI is InChI=1S/C22H29FN2O2/c1-3-4-8-13-27-17(2)9-6-5-7-10-18-15-24-22(25-16-18)19-11-12-21(26)20(23)14-19/h7,10-12,14-17,26H,3-6,8-9,13H2,1-2H3/b10-7+. The number of rotatable bonds is 11. The molecule has 2 aromatic rings. The normalized spacial score (nSPS) is 12.6. The summed E-state index contributed by atoms with van der Waals surface area (Å²) in [6, 6.07) is 4.12. The van der Waals surface area contributed by atoms with Crippen LogP contribution in [-0.2, 0) is 4.74 Å². The Morgan fingerprint density at radius 1 is 1.19 bits per heavy atom. The fraction of sp³-hybridized carbons (Fsp3) is 0.455. The topological polar surface area (TPSA) is 55.2 Å². The predicted octanol–water partition coefficient (Wildman–Crippen LogP) is 5.77. The Morgan fingerprint density at radius 3 is 2.67 bits per heavy atom. The molecule has 4 nitrogen and oxygen atoms in total. The van der Waals surface area contributed by atoms with Crippen molar-refractivity contribution in [3.05, 3.63) is 48.0 Å². The minimum Gasteiger partial charge on any atom is -0.505 e. The van der Waals surface area contributed by atoms with Gasteiger partial charge in [-0.05, 0) is 50.8 Å². The van der Waals surface area contributed by atoms with E-state index >= 15 is 0 Å². The van der Waals surface area contributed by atoms with Gasteiger partial charge in [0.2, 0.25) is 0 Å². The SMILES string of the molecule is CCCCCOC(C)CCC/C=C/c1cnc(-c2ccc(O)c(F)c2)nc1. The van der Waals surface area contributed by atoms with Crippen LogP contribution in [0.1, 0.15) is 57.9 Å². The number of ether oxygens (including phenoxy) is 1. The van der Waals surface area contributed by atoms with E-state index in [1.165, 1.54) is 25.0 Å². The fourth-order valence-corrected chi connectivity index (χ4v) is 2.68. The summed E-state index contributed by atoms with van der Waals surface area (Å²) in [5, 5.41) is 9.24. The van der Waals surface area contributed by atoms with Crippen molar-refractivity contribution in [3.63, 3.8) is 0 Å². The monoisotopic (exact) mass is 372 g/mol. The first-order valence-electron chi connectivity index (χ1n) is 9.69.